The number of hydrogen-bond donors (Lipinski definition) is 0. The molecule has 132 valence electrons. The van der Waals surface area contributed by atoms with Crippen LogP contribution in [0.5, 0.6) is 0 Å². The maximum Gasteiger partial charge on any atom is 0.471 e. The molecule has 0 saturated heterocycles. The molecule has 0 radical (unpaired) electrons. The van der Waals surface area contributed by atoms with Crippen molar-refractivity contribution >= 4 is 0 Å². The highest BCUT2D eigenvalue weighted by Gasteiger charge is 2.38. The number of hydrogen-bond acceptors (Lipinski definition) is 7. The smallest absolute Gasteiger partial charge is 0.423 e. The topological polar surface area (TPSA) is 99.8 Å². The summed E-state index contributed by atoms with van der Waals surface area (Å²) < 4.78 is 48.3. The second-order valence-electron chi connectivity index (χ2n) is 5.49. The third-order valence-corrected chi connectivity index (χ3v) is 3.20. The Labute approximate surface area is 138 Å². The zero-order chi connectivity index (χ0) is 18.2. The molecule has 0 aliphatic carbocycles. The molecule has 3 aromatic heterocycles. The van der Waals surface area contributed by atoms with Crippen molar-refractivity contribution in [2.45, 2.75) is 32.5 Å². The molecule has 8 nitrogen and oxygen atoms in total. The van der Waals surface area contributed by atoms with Crippen LogP contribution in [0.4, 0.5) is 13.2 Å². The van der Waals surface area contributed by atoms with Gasteiger partial charge < -0.3 is 13.5 Å². The lowest BCUT2D eigenvalue weighted by molar-refractivity contribution is -0.159. The number of halogens is 3. The molecule has 0 aliphatic rings. The first-order valence-electron chi connectivity index (χ1n) is 7.18. The van der Waals surface area contributed by atoms with Gasteiger partial charge in [0.25, 0.3) is 5.56 Å². The number of alkyl halides is 3. The Morgan fingerprint density at radius 2 is 2.04 bits per heavy atom. The van der Waals surface area contributed by atoms with Crippen LogP contribution in [0.25, 0.3) is 11.4 Å². The zero-order valence-electron chi connectivity index (χ0n) is 13.1. The van der Waals surface area contributed by atoms with E-state index in [9.17, 15) is 18.0 Å². The SMILES string of the molecule is CC(C)c1nnc(Cn2ccc(-c3noc(C(F)(F)F)n3)cc2=O)o1. The standard InChI is InChI=1S/C14H12F3N5O3/c1-7(2)12-20-19-9(24-12)6-22-4-3-8(5-10(22)23)11-18-13(25-21-11)14(15,16)17/h3-5,7H,6H2,1-2H3. The largest absolute Gasteiger partial charge is 0.471 e. The van der Waals surface area contributed by atoms with E-state index in [1.165, 1.54) is 16.8 Å². The fraction of sp³-hybridized carbons (Fsp3) is 0.357. The van der Waals surface area contributed by atoms with Crippen LogP contribution < -0.4 is 5.56 Å². The highest BCUT2D eigenvalue weighted by molar-refractivity contribution is 5.52. The minimum atomic E-state index is -4.74. The van der Waals surface area contributed by atoms with Crippen molar-refractivity contribution in [3.8, 4) is 11.4 Å². The van der Waals surface area contributed by atoms with E-state index >= 15 is 0 Å². The van der Waals surface area contributed by atoms with E-state index in [2.05, 4.69) is 24.9 Å². The van der Waals surface area contributed by atoms with Gasteiger partial charge in [0.2, 0.25) is 17.6 Å². The summed E-state index contributed by atoms with van der Waals surface area (Å²) in [5.41, 5.74) is -0.381. The van der Waals surface area contributed by atoms with Gasteiger partial charge in [-0.15, -0.1) is 10.2 Å². The molecule has 0 spiro atoms. The van der Waals surface area contributed by atoms with Gasteiger partial charge in [-0.1, -0.05) is 19.0 Å². The summed E-state index contributed by atoms with van der Waals surface area (Å²) in [6, 6.07) is 2.50. The first-order valence-corrected chi connectivity index (χ1v) is 7.18. The van der Waals surface area contributed by atoms with Gasteiger partial charge in [0.1, 0.15) is 6.54 Å². The minimum Gasteiger partial charge on any atom is -0.423 e. The lowest BCUT2D eigenvalue weighted by Gasteiger charge is -2.02. The van der Waals surface area contributed by atoms with Gasteiger partial charge in [-0.3, -0.25) is 4.79 Å². The lowest BCUT2D eigenvalue weighted by Crippen LogP contribution is -2.19. The molecule has 3 rings (SSSR count). The summed E-state index contributed by atoms with van der Waals surface area (Å²) in [6.45, 7) is 3.82. The fourth-order valence-electron chi connectivity index (χ4n) is 1.94. The Morgan fingerprint density at radius 1 is 1.28 bits per heavy atom. The zero-order valence-corrected chi connectivity index (χ0v) is 13.1. The van der Waals surface area contributed by atoms with Gasteiger partial charge >= 0.3 is 12.1 Å². The molecule has 0 amide bonds. The number of aromatic nitrogens is 5. The number of nitrogens with zero attached hydrogens (tertiary/aromatic N) is 5. The van der Waals surface area contributed by atoms with E-state index in [4.69, 9.17) is 4.42 Å². The quantitative estimate of drug-likeness (QED) is 0.709. The summed E-state index contributed by atoms with van der Waals surface area (Å²) in [4.78, 5) is 15.4. The van der Waals surface area contributed by atoms with Crippen LogP contribution in [0, 0.1) is 0 Å². The molecule has 0 saturated carbocycles. The van der Waals surface area contributed by atoms with Gasteiger partial charge in [-0.25, -0.2) is 0 Å². The number of pyridine rings is 1. The predicted molar refractivity (Wildman–Crippen MR) is 76.5 cm³/mol. The van der Waals surface area contributed by atoms with Crippen LogP contribution >= 0.6 is 0 Å². The Bertz CT molecular complexity index is 942. The Morgan fingerprint density at radius 3 is 2.60 bits per heavy atom. The van der Waals surface area contributed by atoms with Crippen LogP contribution in [0.2, 0.25) is 0 Å². The van der Waals surface area contributed by atoms with Crippen LogP contribution in [0.1, 0.15) is 37.4 Å². The predicted octanol–water partition coefficient (Wildman–Crippen LogP) is 2.47. The Kier molecular flexibility index (Phi) is 4.15. The van der Waals surface area contributed by atoms with Crippen LogP contribution in [0.3, 0.4) is 0 Å². The molecule has 25 heavy (non-hydrogen) atoms. The van der Waals surface area contributed by atoms with Gasteiger partial charge in [-0.2, -0.15) is 18.2 Å². The van der Waals surface area contributed by atoms with Gasteiger partial charge in [0, 0.05) is 23.7 Å². The van der Waals surface area contributed by atoms with Crippen molar-refractivity contribution in [2.24, 2.45) is 0 Å². The summed E-state index contributed by atoms with van der Waals surface area (Å²) in [5, 5.41) is 10.9. The Hall–Kier alpha value is -2.98. The molecular formula is C14H12F3N5O3. The fourth-order valence-corrected chi connectivity index (χ4v) is 1.94. The molecule has 0 bridgehead atoms. The molecule has 3 aromatic rings. The molecule has 0 atom stereocenters. The highest BCUT2D eigenvalue weighted by Crippen LogP contribution is 2.29. The van der Waals surface area contributed by atoms with Crippen molar-refractivity contribution in [3.05, 3.63) is 46.4 Å². The lowest BCUT2D eigenvalue weighted by atomic mass is 10.2. The maximum absolute atomic E-state index is 12.5. The first kappa shape index (κ1) is 16.9. The van der Waals surface area contributed by atoms with Crippen molar-refractivity contribution < 1.29 is 22.1 Å². The third kappa shape index (κ3) is 3.59. The van der Waals surface area contributed by atoms with E-state index < -0.39 is 17.6 Å². The average Bonchev–Trinajstić information content (AvgIpc) is 3.18. The first-order chi connectivity index (χ1) is 11.7. The molecule has 0 aromatic carbocycles. The van der Waals surface area contributed by atoms with Gasteiger partial charge in [-0.05, 0) is 6.07 Å². The van der Waals surface area contributed by atoms with Crippen LogP contribution in [-0.4, -0.2) is 24.9 Å². The summed E-state index contributed by atoms with van der Waals surface area (Å²) in [7, 11) is 0. The molecular weight excluding hydrogens is 343 g/mol. The average molecular weight is 355 g/mol. The molecule has 11 heteroatoms. The summed E-state index contributed by atoms with van der Waals surface area (Å²) in [6.07, 6.45) is -3.37. The molecule has 0 fully saturated rings. The van der Waals surface area contributed by atoms with E-state index in [0.29, 0.717) is 5.89 Å². The minimum absolute atomic E-state index is 0.0406. The van der Waals surface area contributed by atoms with Gasteiger partial charge in [0.15, 0.2) is 0 Å². The van der Waals surface area contributed by atoms with E-state index in [1.54, 1.807) is 0 Å². The number of rotatable bonds is 4. The van der Waals surface area contributed by atoms with Gasteiger partial charge in [0.05, 0.1) is 0 Å². The van der Waals surface area contributed by atoms with Crippen LogP contribution in [0.15, 0.2) is 32.1 Å². The van der Waals surface area contributed by atoms with E-state index in [1.807, 2.05) is 13.8 Å². The normalized spacial score (nSPS) is 12.1. The Balaban J connectivity index is 1.83. The molecule has 0 aliphatic heterocycles. The van der Waals surface area contributed by atoms with E-state index in [0.717, 1.165) is 6.07 Å². The third-order valence-electron chi connectivity index (χ3n) is 3.20. The van der Waals surface area contributed by atoms with Crippen molar-refractivity contribution in [3.63, 3.8) is 0 Å². The van der Waals surface area contributed by atoms with Crippen molar-refractivity contribution in [1.29, 1.82) is 0 Å². The van der Waals surface area contributed by atoms with Crippen LogP contribution in [-0.2, 0) is 12.7 Å². The molecule has 3 heterocycles. The van der Waals surface area contributed by atoms with E-state index in [-0.39, 0.29) is 29.7 Å². The monoisotopic (exact) mass is 355 g/mol. The second-order valence-corrected chi connectivity index (χ2v) is 5.49. The van der Waals surface area contributed by atoms with Crippen molar-refractivity contribution in [2.75, 3.05) is 0 Å². The molecule has 0 N–H and O–H groups in total. The van der Waals surface area contributed by atoms with Crippen molar-refractivity contribution in [1.82, 2.24) is 24.9 Å². The highest BCUT2D eigenvalue weighted by atomic mass is 19.4. The maximum atomic E-state index is 12.5. The summed E-state index contributed by atoms with van der Waals surface area (Å²) >= 11 is 0. The summed E-state index contributed by atoms with van der Waals surface area (Å²) in [5.74, 6) is -1.04. The second kappa shape index (κ2) is 6.15. The molecule has 0 unspecified atom stereocenters.